The first kappa shape index (κ1) is 12.3. The maximum atomic E-state index is 8.46. The quantitative estimate of drug-likeness (QED) is 0.288. The number of nitrogens with zero attached hydrogens (tertiary/aromatic N) is 1. The minimum atomic E-state index is 0.278. The van der Waals surface area contributed by atoms with E-state index in [1.807, 2.05) is 0 Å². The number of nitrogens with one attached hydrogen (secondary N) is 1. The van der Waals surface area contributed by atoms with Crippen LogP contribution in [0.15, 0.2) is 5.16 Å². The van der Waals surface area contributed by atoms with E-state index in [1.165, 1.54) is 19.3 Å². The van der Waals surface area contributed by atoms with Crippen LogP contribution < -0.4 is 11.1 Å². The number of hydrogen-bond donors (Lipinski definition) is 3. The highest BCUT2D eigenvalue weighted by Crippen LogP contribution is 2.37. The normalized spacial score (nSPS) is 27.9. The molecule has 0 radical (unpaired) electrons. The van der Waals surface area contributed by atoms with Gasteiger partial charge in [-0.25, -0.2) is 0 Å². The average molecular weight is 213 g/mol. The maximum absolute atomic E-state index is 8.46. The third-order valence-corrected chi connectivity index (χ3v) is 3.13. The van der Waals surface area contributed by atoms with Crippen LogP contribution in [0.1, 0.15) is 46.5 Å². The number of rotatable bonds is 4. The Labute approximate surface area is 91.9 Å². The van der Waals surface area contributed by atoms with Gasteiger partial charge in [0.15, 0.2) is 0 Å². The van der Waals surface area contributed by atoms with Crippen LogP contribution in [0.4, 0.5) is 0 Å². The molecule has 1 saturated carbocycles. The molecule has 0 amide bonds. The van der Waals surface area contributed by atoms with Crippen LogP contribution in [0.25, 0.3) is 0 Å². The second-order valence-electron chi connectivity index (χ2n) is 5.47. The molecular weight excluding hydrogens is 190 g/mol. The number of oxime groups is 1. The SMILES string of the molecule is CC(CC(N)=NO)NC1CCC(C)(C)C1. The van der Waals surface area contributed by atoms with E-state index in [1.54, 1.807) is 0 Å². The highest BCUT2D eigenvalue weighted by molar-refractivity contribution is 5.80. The zero-order chi connectivity index (χ0) is 11.5. The summed E-state index contributed by atoms with van der Waals surface area (Å²) in [7, 11) is 0. The Morgan fingerprint density at radius 1 is 1.67 bits per heavy atom. The van der Waals surface area contributed by atoms with Gasteiger partial charge in [-0.15, -0.1) is 0 Å². The molecule has 15 heavy (non-hydrogen) atoms. The van der Waals surface area contributed by atoms with Gasteiger partial charge in [-0.1, -0.05) is 19.0 Å². The molecule has 4 N–H and O–H groups in total. The zero-order valence-corrected chi connectivity index (χ0v) is 9.95. The van der Waals surface area contributed by atoms with E-state index in [-0.39, 0.29) is 6.04 Å². The fourth-order valence-electron chi connectivity index (χ4n) is 2.39. The Bertz CT molecular complexity index is 238. The van der Waals surface area contributed by atoms with E-state index < -0.39 is 0 Å². The summed E-state index contributed by atoms with van der Waals surface area (Å²) in [6, 6.07) is 0.862. The maximum Gasteiger partial charge on any atom is 0.140 e. The molecular formula is C11H23N3O. The van der Waals surface area contributed by atoms with Crippen molar-refractivity contribution in [1.82, 2.24) is 5.32 Å². The summed E-state index contributed by atoms with van der Waals surface area (Å²) >= 11 is 0. The van der Waals surface area contributed by atoms with Crippen LogP contribution in [0, 0.1) is 5.41 Å². The molecule has 0 aliphatic heterocycles. The monoisotopic (exact) mass is 213 g/mol. The fraction of sp³-hybridized carbons (Fsp3) is 0.909. The molecule has 1 rings (SSSR count). The van der Waals surface area contributed by atoms with Crippen molar-refractivity contribution in [2.75, 3.05) is 0 Å². The van der Waals surface area contributed by atoms with Crippen LogP contribution in [-0.2, 0) is 0 Å². The Hall–Kier alpha value is -0.770. The molecule has 2 atom stereocenters. The second-order valence-corrected chi connectivity index (χ2v) is 5.47. The van der Waals surface area contributed by atoms with E-state index >= 15 is 0 Å². The number of nitrogens with two attached hydrogens (primary N) is 1. The molecule has 1 aliphatic rings. The highest BCUT2D eigenvalue weighted by atomic mass is 16.4. The van der Waals surface area contributed by atoms with Crippen LogP contribution in [0.3, 0.4) is 0 Å². The highest BCUT2D eigenvalue weighted by Gasteiger charge is 2.31. The molecule has 0 saturated heterocycles. The Kier molecular flexibility index (Phi) is 3.97. The summed E-state index contributed by atoms with van der Waals surface area (Å²) in [4.78, 5) is 0. The van der Waals surface area contributed by atoms with Crippen molar-refractivity contribution in [2.45, 2.75) is 58.5 Å². The summed E-state index contributed by atoms with van der Waals surface area (Å²) in [5, 5.41) is 15.0. The van der Waals surface area contributed by atoms with E-state index in [4.69, 9.17) is 10.9 Å². The van der Waals surface area contributed by atoms with Crippen LogP contribution >= 0.6 is 0 Å². The third kappa shape index (κ3) is 4.08. The largest absolute Gasteiger partial charge is 0.409 e. The first-order chi connectivity index (χ1) is 6.93. The van der Waals surface area contributed by atoms with Gasteiger partial charge in [-0.3, -0.25) is 0 Å². The van der Waals surface area contributed by atoms with Gasteiger partial charge in [0, 0.05) is 18.5 Å². The fourth-order valence-corrected chi connectivity index (χ4v) is 2.39. The van der Waals surface area contributed by atoms with Crippen LogP contribution in [-0.4, -0.2) is 23.1 Å². The number of amidine groups is 1. The van der Waals surface area contributed by atoms with Gasteiger partial charge in [-0.05, 0) is 31.6 Å². The predicted molar refractivity (Wildman–Crippen MR) is 62.0 cm³/mol. The molecule has 0 aromatic rings. The minimum Gasteiger partial charge on any atom is -0.409 e. The van der Waals surface area contributed by atoms with Crippen molar-refractivity contribution in [3.8, 4) is 0 Å². The summed E-state index contributed by atoms with van der Waals surface area (Å²) < 4.78 is 0. The smallest absolute Gasteiger partial charge is 0.140 e. The van der Waals surface area contributed by atoms with E-state index in [0.717, 1.165) is 0 Å². The molecule has 1 fully saturated rings. The van der Waals surface area contributed by atoms with Crippen molar-refractivity contribution in [1.29, 1.82) is 0 Å². The lowest BCUT2D eigenvalue weighted by molar-refractivity contribution is 0.314. The summed E-state index contributed by atoms with van der Waals surface area (Å²) in [5.41, 5.74) is 5.93. The van der Waals surface area contributed by atoms with E-state index in [9.17, 15) is 0 Å². The van der Waals surface area contributed by atoms with Gasteiger partial charge in [0.25, 0.3) is 0 Å². The van der Waals surface area contributed by atoms with Gasteiger partial charge in [0.1, 0.15) is 5.84 Å². The van der Waals surface area contributed by atoms with E-state index in [2.05, 4.69) is 31.2 Å². The molecule has 0 aromatic heterocycles. The summed E-state index contributed by atoms with van der Waals surface area (Å²) in [5.74, 6) is 0.298. The molecule has 1 aliphatic carbocycles. The molecule has 0 bridgehead atoms. The first-order valence-electron chi connectivity index (χ1n) is 5.65. The lowest BCUT2D eigenvalue weighted by Gasteiger charge is -2.21. The minimum absolute atomic E-state index is 0.278. The Balaban J connectivity index is 2.30. The molecule has 0 heterocycles. The molecule has 88 valence electrons. The van der Waals surface area contributed by atoms with Crippen molar-refractivity contribution >= 4 is 5.84 Å². The molecule has 4 nitrogen and oxygen atoms in total. The molecule has 0 aromatic carbocycles. The molecule has 2 unspecified atom stereocenters. The first-order valence-corrected chi connectivity index (χ1v) is 5.65. The Morgan fingerprint density at radius 2 is 2.33 bits per heavy atom. The molecule has 0 spiro atoms. The van der Waals surface area contributed by atoms with Crippen LogP contribution in [0.2, 0.25) is 0 Å². The summed E-state index contributed by atoms with van der Waals surface area (Å²) in [6.07, 6.45) is 4.33. The summed E-state index contributed by atoms with van der Waals surface area (Å²) in [6.45, 7) is 6.69. The van der Waals surface area contributed by atoms with Gasteiger partial charge >= 0.3 is 0 Å². The average Bonchev–Trinajstić information content (AvgIpc) is 2.44. The van der Waals surface area contributed by atoms with Gasteiger partial charge in [-0.2, -0.15) is 0 Å². The standard InChI is InChI=1S/C11H23N3O/c1-8(6-10(12)14-15)13-9-4-5-11(2,3)7-9/h8-9,13,15H,4-7H2,1-3H3,(H2,12,14). The zero-order valence-electron chi connectivity index (χ0n) is 9.95. The van der Waals surface area contributed by atoms with Crippen molar-refractivity contribution in [3.63, 3.8) is 0 Å². The van der Waals surface area contributed by atoms with Crippen molar-refractivity contribution < 1.29 is 5.21 Å². The lowest BCUT2D eigenvalue weighted by atomic mass is 9.92. The predicted octanol–water partition coefficient (Wildman–Crippen LogP) is 1.68. The number of hydrogen-bond acceptors (Lipinski definition) is 3. The Morgan fingerprint density at radius 3 is 2.80 bits per heavy atom. The molecule has 4 heteroatoms. The van der Waals surface area contributed by atoms with Gasteiger partial charge in [0.2, 0.25) is 0 Å². The van der Waals surface area contributed by atoms with Gasteiger partial charge in [0.05, 0.1) is 0 Å². The topological polar surface area (TPSA) is 70.6 Å². The lowest BCUT2D eigenvalue weighted by Crippen LogP contribution is -2.38. The van der Waals surface area contributed by atoms with Crippen molar-refractivity contribution in [3.05, 3.63) is 0 Å². The van der Waals surface area contributed by atoms with Gasteiger partial charge < -0.3 is 16.3 Å². The van der Waals surface area contributed by atoms with Crippen molar-refractivity contribution in [2.24, 2.45) is 16.3 Å². The second kappa shape index (κ2) is 4.84. The van der Waals surface area contributed by atoms with E-state index in [0.29, 0.717) is 23.7 Å². The third-order valence-electron chi connectivity index (χ3n) is 3.13. The van der Waals surface area contributed by atoms with Crippen LogP contribution in [0.5, 0.6) is 0 Å².